The lowest BCUT2D eigenvalue weighted by Gasteiger charge is -2.00. The van der Waals surface area contributed by atoms with E-state index in [0.29, 0.717) is 6.61 Å². The Hall–Kier alpha value is -2.44. The van der Waals surface area contributed by atoms with Gasteiger partial charge in [0.15, 0.2) is 0 Å². The molecule has 0 spiro atoms. The lowest BCUT2D eigenvalue weighted by molar-refractivity contribution is 0.341. The van der Waals surface area contributed by atoms with Gasteiger partial charge in [-0.3, -0.25) is 4.99 Å². The Morgan fingerprint density at radius 2 is 2.21 bits per heavy atom. The fourth-order valence-corrected chi connectivity index (χ4v) is 2.44. The van der Waals surface area contributed by atoms with E-state index in [2.05, 4.69) is 9.98 Å². The Bertz CT molecular complexity index is 689. The molecule has 0 saturated heterocycles. The Morgan fingerprint density at radius 1 is 1.42 bits per heavy atom. The molecule has 1 heterocycles. The van der Waals surface area contributed by atoms with Gasteiger partial charge >= 0.3 is 0 Å². The lowest BCUT2D eigenvalue weighted by Crippen LogP contribution is -1.90. The number of benzene rings is 1. The molecule has 0 aliphatic rings. The molecule has 0 aliphatic heterocycles. The molecule has 2 aromatic rings. The van der Waals surface area contributed by atoms with Crippen molar-refractivity contribution in [3.05, 3.63) is 23.2 Å². The van der Waals surface area contributed by atoms with Crippen molar-refractivity contribution in [3.63, 3.8) is 0 Å². The van der Waals surface area contributed by atoms with E-state index in [4.69, 9.17) is 15.3 Å². The Kier molecular flexibility index (Phi) is 4.07. The highest BCUT2D eigenvalue weighted by Gasteiger charge is 2.05. The van der Waals surface area contributed by atoms with E-state index in [9.17, 15) is 0 Å². The second-order valence-corrected chi connectivity index (χ2v) is 4.67. The largest absolute Gasteiger partial charge is 0.494 e. The van der Waals surface area contributed by atoms with Crippen LogP contribution < -0.4 is 4.74 Å². The third kappa shape index (κ3) is 3.06. The van der Waals surface area contributed by atoms with Crippen LogP contribution in [0.3, 0.4) is 0 Å². The summed E-state index contributed by atoms with van der Waals surface area (Å²) < 4.78 is 6.43. The van der Waals surface area contributed by atoms with Crippen LogP contribution in [0.25, 0.3) is 10.2 Å². The number of aromatic nitrogens is 1. The molecule has 0 aliphatic carbocycles. The SMILES string of the molecule is CCOc1ccc2nc(CN=C(C#N)C#N)sc2c1. The highest BCUT2D eigenvalue weighted by Crippen LogP contribution is 2.26. The van der Waals surface area contributed by atoms with Gasteiger partial charge in [-0.15, -0.1) is 11.3 Å². The van der Waals surface area contributed by atoms with Gasteiger partial charge in [0.1, 0.15) is 22.9 Å². The van der Waals surface area contributed by atoms with Crippen molar-refractivity contribution in [2.45, 2.75) is 13.5 Å². The molecular weight excluding hydrogens is 260 g/mol. The van der Waals surface area contributed by atoms with Gasteiger partial charge in [-0.05, 0) is 25.1 Å². The Balaban J connectivity index is 2.25. The number of nitriles is 2. The van der Waals surface area contributed by atoms with Crippen molar-refractivity contribution < 1.29 is 4.74 Å². The van der Waals surface area contributed by atoms with E-state index in [1.807, 2.05) is 25.1 Å². The number of thiazole rings is 1. The summed E-state index contributed by atoms with van der Waals surface area (Å²) in [4.78, 5) is 8.29. The van der Waals surface area contributed by atoms with Gasteiger partial charge in [-0.1, -0.05) is 0 Å². The summed E-state index contributed by atoms with van der Waals surface area (Å²) in [5.41, 5.74) is 0.739. The predicted octanol–water partition coefficient (Wildman–Crippen LogP) is 2.68. The molecule has 0 bridgehead atoms. The summed E-state index contributed by atoms with van der Waals surface area (Å²) in [5, 5.41) is 18.0. The van der Waals surface area contributed by atoms with E-state index < -0.39 is 0 Å². The van der Waals surface area contributed by atoms with Crippen molar-refractivity contribution in [2.75, 3.05) is 6.61 Å². The molecule has 0 atom stereocenters. The van der Waals surface area contributed by atoms with Crippen molar-refractivity contribution in [1.82, 2.24) is 4.98 Å². The second kappa shape index (κ2) is 5.94. The average Bonchev–Trinajstić information content (AvgIpc) is 2.82. The van der Waals surface area contributed by atoms with Crippen LogP contribution in [0.2, 0.25) is 0 Å². The zero-order valence-electron chi connectivity index (χ0n) is 10.3. The molecule has 19 heavy (non-hydrogen) atoms. The molecule has 2 rings (SSSR count). The van der Waals surface area contributed by atoms with Crippen molar-refractivity contribution >= 4 is 27.3 Å². The first-order valence-electron chi connectivity index (χ1n) is 5.63. The molecule has 94 valence electrons. The third-order valence-electron chi connectivity index (χ3n) is 2.30. The molecule has 1 aromatic heterocycles. The van der Waals surface area contributed by atoms with Crippen LogP contribution in [-0.4, -0.2) is 17.3 Å². The van der Waals surface area contributed by atoms with E-state index in [0.717, 1.165) is 21.0 Å². The van der Waals surface area contributed by atoms with Crippen LogP contribution in [0.5, 0.6) is 5.75 Å². The quantitative estimate of drug-likeness (QED) is 0.800. The Labute approximate surface area is 114 Å². The maximum absolute atomic E-state index is 8.60. The standard InChI is InChI=1S/C13H10N4OS/c1-2-18-10-3-4-11-12(5-10)19-13(17-11)8-16-9(6-14)7-15/h3-5H,2,8H2,1H3. The summed E-state index contributed by atoms with van der Waals surface area (Å²) >= 11 is 1.48. The number of rotatable bonds is 4. The molecule has 6 heteroatoms. The topological polar surface area (TPSA) is 82.1 Å². The molecule has 1 aromatic carbocycles. The van der Waals surface area contributed by atoms with Gasteiger partial charge in [0.2, 0.25) is 5.71 Å². The molecular formula is C13H10N4OS. The fourth-order valence-electron chi connectivity index (χ4n) is 1.52. The number of hydrogen-bond donors (Lipinski definition) is 0. The molecule has 0 N–H and O–H groups in total. The van der Waals surface area contributed by atoms with E-state index >= 15 is 0 Å². The molecule has 0 amide bonds. The first-order chi connectivity index (χ1) is 9.26. The average molecular weight is 270 g/mol. The maximum atomic E-state index is 8.60. The van der Waals surface area contributed by atoms with Gasteiger partial charge in [0.25, 0.3) is 0 Å². The summed E-state index contributed by atoms with van der Waals surface area (Å²) in [6.07, 6.45) is 0. The monoisotopic (exact) mass is 270 g/mol. The molecule has 0 fully saturated rings. The van der Waals surface area contributed by atoms with E-state index in [1.54, 1.807) is 12.1 Å². The van der Waals surface area contributed by atoms with Crippen LogP contribution in [-0.2, 0) is 6.54 Å². The van der Waals surface area contributed by atoms with E-state index in [1.165, 1.54) is 11.3 Å². The predicted molar refractivity (Wildman–Crippen MR) is 73.2 cm³/mol. The number of ether oxygens (including phenoxy) is 1. The molecule has 0 saturated carbocycles. The minimum absolute atomic E-state index is 0.130. The number of nitrogens with zero attached hydrogens (tertiary/aromatic N) is 4. The van der Waals surface area contributed by atoms with E-state index in [-0.39, 0.29) is 12.3 Å². The zero-order valence-corrected chi connectivity index (χ0v) is 11.1. The van der Waals surface area contributed by atoms with Gasteiger partial charge < -0.3 is 4.74 Å². The summed E-state index contributed by atoms with van der Waals surface area (Å²) in [5.74, 6) is 0.809. The normalized spacial score (nSPS) is 9.63. The first-order valence-corrected chi connectivity index (χ1v) is 6.45. The maximum Gasteiger partial charge on any atom is 0.213 e. The highest BCUT2D eigenvalue weighted by atomic mass is 32.1. The summed E-state index contributed by atoms with van der Waals surface area (Å²) in [6.45, 7) is 2.80. The van der Waals surface area contributed by atoms with Crippen LogP contribution in [0.1, 0.15) is 11.9 Å². The van der Waals surface area contributed by atoms with Gasteiger partial charge in [-0.2, -0.15) is 10.5 Å². The molecule has 5 nitrogen and oxygen atoms in total. The Morgan fingerprint density at radius 3 is 2.89 bits per heavy atom. The van der Waals surface area contributed by atoms with Crippen LogP contribution in [0, 0.1) is 22.7 Å². The van der Waals surface area contributed by atoms with Crippen LogP contribution >= 0.6 is 11.3 Å². The summed E-state index contributed by atoms with van der Waals surface area (Å²) in [7, 11) is 0. The number of fused-ring (bicyclic) bond motifs is 1. The number of aliphatic imine (C=N–C) groups is 1. The lowest BCUT2D eigenvalue weighted by atomic mass is 10.3. The zero-order chi connectivity index (χ0) is 13.7. The van der Waals surface area contributed by atoms with Gasteiger partial charge in [0.05, 0.1) is 23.4 Å². The minimum atomic E-state index is -0.130. The van der Waals surface area contributed by atoms with Crippen LogP contribution in [0.15, 0.2) is 23.2 Å². The number of hydrogen-bond acceptors (Lipinski definition) is 6. The highest BCUT2D eigenvalue weighted by molar-refractivity contribution is 7.18. The van der Waals surface area contributed by atoms with Gasteiger partial charge in [0, 0.05) is 0 Å². The third-order valence-corrected chi connectivity index (χ3v) is 3.30. The second-order valence-electron chi connectivity index (χ2n) is 3.56. The van der Waals surface area contributed by atoms with Gasteiger partial charge in [-0.25, -0.2) is 4.98 Å². The van der Waals surface area contributed by atoms with Crippen LogP contribution in [0.4, 0.5) is 0 Å². The molecule has 0 unspecified atom stereocenters. The smallest absolute Gasteiger partial charge is 0.213 e. The molecule has 0 radical (unpaired) electrons. The minimum Gasteiger partial charge on any atom is -0.494 e. The van der Waals surface area contributed by atoms with Crippen molar-refractivity contribution in [1.29, 1.82) is 10.5 Å². The summed E-state index contributed by atoms with van der Waals surface area (Å²) in [6, 6.07) is 9.14. The fraction of sp³-hybridized carbons (Fsp3) is 0.231. The van der Waals surface area contributed by atoms with Crippen molar-refractivity contribution in [2.24, 2.45) is 4.99 Å². The first kappa shape index (κ1) is 13.0. The van der Waals surface area contributed by atoms with Crippen molar-refractivity contribution in [3.8, 4) is 17.9 Å².